The van der Waals surface area contributed by atoms with Crippen LogP contribution >= 0.6 is 15.9 Å². The number of carbonyl (C=O) groups excluding carboxylic acids is 1. The monoisotopic (exact) mass is 364 g/mol. The molecule has 3 rings (SSSR count). The molecular weight excluding hydrogens is 348 g/mol. The molecule has 1 fully saturated rings. The molecule has 0 bridgehead atoms. The number of ether oxygens (including phenoxy) is 1. The van der Waals surface area contributed by atoms with Gasteiger partial charge in [0.1, 0.15) is 0 Å². The fourth-order valence-corrected chi connectivity index (χ4v) is 3.10. The van der Waals surface area contributed by atoms with Crippen LogP contribution in [0.15, 0.2) is 33.2 Å². The second-order valence-corrected chi connectivity index (χ2v) is 6.28. The zero-order chi connectivity index (χ0) is 15.4. The van der Waals surface area contributed by atoms with E-state index in [0.717, 1.165) is 35.7 Å². The zero-order valence-corrected chi connectivity index (χ0v) is 13.7. The maximum atomic E-state index is 12.0. The van der Waals surface area contributed by atoms with Crippen molar-refractivity contribution in [3.8, 4) is 11.5 Å². The first-order chi connectivity index (χ1) is 10.7. The molecule has 1 saturated carbocycles. The van der Waals surface area contributed by atoms with Gasteiger partial charge in [0, 0.05) is 4.47 Å². The Balaban J connectivity index is 1.60. The fraction of sp³-hybridized carbons (Fsp3) is 0.438. The van der Waals surface area contributed by atoms with Crippen molar-refractivity contribution in [2.24, 2.45) is 5.92 Å². The maximum Gasteiger partial charge on any atom is 0.309 e. The number of aromatic nitrogens is 2. The summed E-state index contributed by atoms with van der Waals surface area (Å²) in [7, 11) is 0. The first-order valence-corrected chi connectivity index (χ1v) is 8.27. The number of carbonyl (C=O) groups is 1. The third-order valence-electron chi connectivity index (χ3n) is 3.85. The SMILES string of the molecule is O=C(OCc1nnc(-c2ccccc2Br)o1)C1CCCCC1. The van der Waals surface area contributed by atoms with Gasteiger partial charge in [0.05, 0.1) is 11.5 Å². The summed E-state index contributed by atoms with van der Waals surface area (Å²) in [6, 6.07) is 7.60. The Hall–Kier alpha value is -1.69. The van der Waals surface area contributed by atoms with Crippen molar-refractivity contribution >= 4 is 21.9 Å². The molecule has 0 radical (unpaired) electrons. The van der Waals surface area contributed by atoms with Gasteiger partial charge in [0.2, 0.25) is 5.89 Å². The van der Waals surface area contributed by atoms with Gasteiger partial charge < -0.3 is 9.15 Å². The minimum atomic E-state index is -0.152. The van der Waals surface area contributed by atoms with Gasteiger partial charge >= 0.3 is 5.97 Å². The summed E-state index contributed by atoms with van der Waals surface area (Å²) < 4.78 is 11.7. The second kappa shape index (κ2) is 7.05. The molecule has 6 heteroatoms. The van der Waals surface area contributed by atoms with E-state index in [1.54, 1.807) is 0 Å². The predicted octanol–water partition coefficient (Wildman–Crippen LogP) is 4.12. The lowest BCUT2D eigenvalue weighted by atomic mass is 9.89. The lowest BCUT2D eigenvalue weighted by Crippen LogP contribution is -2.20. The molecule has 0 spiro atoms. The van der Waals surface area contributed by atoms with Crippen molar-refractivity contribution < 1.29 is 13.9 Å². The highest BCUT2D eigenvalue weighted by molar-refractivity contribution is 9.10. The van der Waals surface area contributed by atoms with Crippen LogP contribution in [0.25, 0.3) is 11.5 Å². The molecule has 0 amide bonds. The summed E-state index contributed by atoms with van der Waals surface area (Å²) in [6.45, 7) is 0.0345. The molecule has 1 aliphatic rings. The van der Waals surface area contributed by atoms with Gasteiger partial charge in [-0.2, -0.15) is 0 Å². The largest absolute Gasteiger partial charge is 0.455 e. The average molecular weight is 365 g/mol. The molecule has 5 nitrogen and oxygen atoms in total. The highest BCUT2D eigenvalue weighted by atomic mass is 79.9. The molecule has 0 N–H and O–H groups in total. The number of halogens is 1. The van der Waals surface area contributed by atoms with Crippen LogP contribution in [0.4, 0.5) is 0 Å². The van der Waals surface area contributed by atoms with Crippen molar-refractivity contribution in [1.82, 2.24) is 10.2 Å². The summed E-state index contributed by atoms with van der Waals surface area (Å²) in [5.41, 5.74) is 0.819. The van der Waals surface area contributed by atoms with Crippen LogP contribution in [-0.2, 0) is 16.1 Å². The highest BCUT2D eigenvalue weighted by Crippen LogP contribution is 2.27. The van der Waals surface area contributed by atoms with Gasteiger partial charge in [-0.3, -0.25) is 4.79 Å². The number of hydrogen-bond acceptors (Lipinski definition) is 5. The van der Waals surface area contributed by atoms with Crippen LogP contribution in [0.3, 0.4) is 0 Å². The van der Waals surface area contributed by atoms with E-state index in [1.165, 1.54) is 6.42 Å². The quantitative estimate of drug-likeness (QED) is 0.763. The van der Waals surface area contributed by atoms with Crippen LogP contribution in [0.5, 0.6) is 0 Å². The van der Waals surface area contributed by atoms with E-state index in [9.17, 15) is 4.79 Å². The first-order valence-electron chi connectivity index (χ1n) is 7.48. The van der Waals surface area contributed by atoms with Crippen LogP contribution in [0.1, 0.15) is 38.0 Å². The highest BCUT2D eigenvalue weighted by Gasteiger charge is 2.23. The molecular formula is C16H17BrN2O3. The minimum absolute atomic E-state index is 0.0272. The molecule has 2 aromatic rings. The molecule has 1 aromatic heterocycles. The fourth-order valence-electron chi connectivity index (χ4n) is 2.64. The van der Waals surface area contributed by atoms with Crippen LogP contribution in [0.2, 0.25) is 0 Å². The van der Waals surface area contributed by atoms with E-state index in [2.05, 4.69) is 26.1 Å². The average Bonchev–Trinajstić information content (AvgIpc) is 3.02. The molecule has 1 heterocycles. The van der Waals surface area contributed by atoms with E-state index >= 15 is 0 Å². The molecule has 116 valence electrons. The number of esters is 1. The molecule has 22 heavy (non-hydrogen) atoms. The number of rotatable bonds is 4. The van der Waals surface area contributed by atoms with Gasteiger partial charge in [-0.15, -0.1) is 10.2 Å². The molecule has 0 saturated heterocycles. The summed E-state index contributed by atoms with van der Waals surface area (Å²) in [5.74, 6) is 0.603. The predicted molar refractivity (Wildman–Crippen MR) is 83.8 cm³/mol. The van der Waals surface area contributed by atoms with Gasteiger partial charge in [0.15, 0.2) is 6.61 Å². The van der Waals surface area contributed by atoms with Gasteiger partial charge in [0.25, 0.3) is 5.89 Å². The Kier molecular flexibility index (Phi) is 4.87. The Morgan fingerprint density at radius 1 is 1.23 bits per heavy atom. The Bertz CT molecular complexity index is 650. The van der Waals surface area contributed by atoms with E-state index in [4.69, 9.17) is 9.15 Å². The Morgan fingerprint density at radius 3 is 2.77 bits per heavy atom. The zero-order valence-electron chi connectivity index (χ0n) is 12.1. The molecule has 1 aromatic carbocycles. The third kappa shape index (κ3) is 3.55. The summed E-state index contributed by atoms with van der Waals surface area (Å²) >= 11 is 3.44. The lowest BCUT2D eigenvalue weighted by Gasteiger charge is -2.19. The second-order valence-electron chi connectivity index (χ2n) is 5.42. The smallest absolute Gasteiger partial charge is 0.309 e. The van der Waals surface area contributed by atoms with Gasteiger partial charge in [-0.25, -0.2) is 0 Å². The topological polar surface area (TPSA) is 65.2 Å². The van der Waals surface area contributed by atoms with E-state index in [1.807, 2.05) is 24.3 Å². The normalized spacial score (nSPS) is 15.7. The Morgan fingerprint density at radius 2 is 2.00 bits per heavy atom. The van der Waals surface area contributed by atoms with Crippen LogP contribution in [0, 0.1) is 5.92 Å². The number of hydrogen-bond donors (Lipinski definition) is 0. The number of benzene rings is 1. The van der Waals surface area contributed by atoms with Crippen molar-refractivity contribution in [2.45, 2.75) is 38.7 Å². The third-order valence-corrected chi connectivity index (χ3v) is 4.54. The standard InChI is InChI=1S/C16H17BrN2O3/c17-13-9-5-4-8-12(13)15-19-18-14(22-15)10-21-16(20)11-6-2-1-3-7-11/h4-5,8-9,11H,1-3,6-7,10H2. The molecule has 0 aliphatic heterocycles. The minimum Gasteiger partial charge on any atom is -0.455 e. The molecule has 0 atom stereocenters. The summed E-state index contributed by atoms with van der Waals surface area (Å²) in [4.78, 5) is 12.0. The first kappa shape index (κ1) is 15.2. The Labute approximate surface area is 137 Å². The van der Waals surface area contributed by atoms with Crippen molar-refractivity contribution in [3.63, 3.8) is 0 Å². The van der Waals surface area contributed by atoms with E-state index < -0.39 is 0 Å². The molecule has 1 aliphatic carbocycles. The number of nitrogens with zero attached hydrogens (tertiary/aromatic N) is 2. The molecule has 0 unspecified atom stereocenters. The van der Waals surface area contributed by atoms with Gasteiger partial charge in [-0.05, 0) is 40.9 Å². The van der Waals surface area contributed by atoms with E-state index in [0.29, 0.717) is 11.8 Å². The van der Waals surface area contributed by atoms with Crippen LogP contribution < -0.4 is 0 Å². The maximum absolute atomic E-state index is 12.0. The van der Waals surface area contributed by atoms with Crippen molar-refractivity contribution in [3.05, 3.63) is 34.6 Å². The lowest BCUT2D eigenvalue weighted by molar-refractivity contribution is -0.151. The summed E-state index contributed by atoms with van der Waals surface area (Å²) in [5, 5.41) is 7.94. The summed E-state index contributed by atoms with van der Waals surface area (Å²) in [6.07, 6.45) is 5.26. The van der Waals surface area contributed by atoms with E-state index in [-0.39, 0.29) is 18.5 Å². The van der Waals surface area contributed by atoms with Crippen molar-refractivity contribution in [1.29, 1.82) is 0 Å². The van der Waals surface area contributed by atoms with Crippen LogP contribution in [-0.4, -0.2) is 16.2 Å². The van der Waals surface area contributed by atoms with Crippen molar-refractivity contribution in [2.75, 3.05) is 0 Å². The van der Waals surface area contributed by atoms with Gasteiger partial charge in [-0.1, -0.05) is 31.4 Å².